The summed E-state index contributed by atoms with van der Waals surface area (Å²) in [6, 6.07) is 3.46. The van der Waals surface area contributed by atoms with E-state index in [1.54, 1.807) is 12.1 Å². The maximum Gasteiger partial charge on any atom is 0.289 e. The van der Waals surface area contributed by atoms with Crippen molar-refractivity contribution in [3.8, 4) is 0 Å². The van der Waals surface area contributed by atoms with Crippen molar-refractivity contribution < 1.29 is 9.21 Å². The van der Waals surface area contributed by atoms with Gasteiger partial charge in [-0.15, -0.1) is 0 Å². The smallest absolute Gasteiger partial charge is 0.289 e. The fourth-order valence-electron chi connectivity index (χ4n) is 2.50. The molecule has 1 aliphatic rings. The molecule has 1 aliphatic heterocycles. The van der Waals surface area contributed by atoms with Gasteiger partial charge in [-0.3, -0.25) is 9.79 Å². The van der Waals surface area contributed by atoms with E-state index in [-0.39, 0.29) is 5.91 Å². The molecule has 7 heteroatoms. The summed E-state index contributed by atoms with van der Waals surface area (Å²) in [6.07, 6.45) is 4.74. The zero-order chi connectivity index (χ0) is 16.5. The minimum absolute atomic E-state index is 0.0310. The molecule has 0 saturated carbocycles. The topological polar surface area (TPSA) is 61.1 Å². The van der Waals surface area contributed by atoms with Gasteiger partial charge in [0.05, 0.1) is 6.26 Å². The number of hydrogen-bond acceptors (Lipinski definition) is 4. The second-order valence-electron chi connectivity index (χ2n) is 5.34. The Hall–Kier alpha value is -1.63. The predicted octanol–water partition coefficient (Wildman–Crippen LogP) is 1.76. The number of amides is 1. The largest absolute Gasteiger partial charge is 0.459 e. The zero-order valence-electron chi connectivity index (χ0n) is 14.0. The van der Waals surface area contributed by atoms with Crippen molar-refractivity contribution in [2.45, 2.75) is 13.3 Å². The molecule has 0 unspecified atom stereocenters. The van der Waals surface area contributed by atoms with Gasteiger partial charge in [0.25, 0.3) is 5.91 Å². The van der Waals surface area contributed by atoms with Crippen LogP contribution in [0.3, 0.4) is 0 Å². The highest BCUT2D eigenvalue weighted by atomic mass is 32.2. The Kier molecular flexibility index (Phi) is 7.32. The van der Waals surface area contributed by atoms with Crippen molar-refractivity contribution in [3.63, 3.8) is 0 Å². The van der Waals surface area contributed by atoms with E-state index < -0.39 is 0 Å². The van der Waals surface area contributed by atoms with Crippen molar-refractivity contribution >= 4 is 23.6 Å². The molecular formula is C16H26N4O2S. The van der Waals surface area contributed by atoms with Gasteiger partial charge in [-0.25, -0.2) is 0 Å². The molecule has 1 aromatic heterocycles. The van der Waals surface area contributed by atoms with E-state index in [1.807, 2.05) is 16.7 Å². The van der Waals surface area contributed by atoms with Gasteiger partial charge in [-0.05, 0) is 37.5 Å². The molecule has 23 heavy (non-hydrogen) atoms. The first-order valence-corrected chi connectivity index (χ1v) is 9.50. The number of hydrogen-bond donors (Lipinski definition) is 1. The molecule has 0 radical (unpaired) electrons. The summed E-state index contributed by atoms with van der Waals surface area (Å²) in [5.41, 5.74) is 0. The van der Waals surface area contributed by atoms with Crippen LogP contribution in [0.5, 0.6) is 0 Å². The van der Waals surface area contributed by atoms with E-state index in [4.69, 9.17) is 9.41 Å². The molecule has 1 amide bonds. The van der Waals surface area contributed by atoms with Crippen LogP contribution in [0.4, 0.5) is 0 Å². The van der Waals surface area contributed by atoms with Crippen molar-refractivity contribution in [2.75, 3.05) is 51.3 Å². The van der Waals surface area contributed by atoms with Crippen LogP contribution in [0, 0.1) is 0 Å². The SMILES string of the molecule is CCNC(=NCCCSC)N1CCN(C(=O)c2ccco2)CC1. The molecule has 2 rings (SSSR count). The lowest BCUT2D eigenvalue weighted by molar-refractivity contribution is 0.0657. The Morgan fingerprint density at radius 2 is 2.09 bits per heavy atom. The fraction of sp³-hybridized carbons (Fsp3) is 0.625. The molecule has 1 aromatic rings. The van der Waals surface area contributed by atoms with Gasteiger partial charge in [-0.2, -0.15) is 11.8 Å². The normalized spacial score (nSPS) is 15.8. The number of carbonyl (C=O) groups excluding carboxylic acids is 1. The van der Waals surface area contributed by atoms with E-state index in [2.05, 4.69) is 23.4 Å². The van der Waals surface area contributed by atoms with Gasteiger partial charge in [-0.1, -0.05) is 0 Å². The van der Waals surface area contributed by atoms with Gasteiger partial charge < -0.3 is 19.5 Å². The molecule has 1 fully saturated rings. The Labute approximate surface area is 142 Å². The second-order valence-corrected chi connectivity index (χ2v) is 6.32. The summed E-state index contributed by atoms with van der Waals surface area (Å²) in [7, 11) is 0. The molecule has 1 N–H and O–H groups in total. The Balaban J connectivity index is 1.86. The first-order valence-electron chi connectivity index (χ1n) is 8.11. The summed E-state index contributed by atoms with van der Waals surface area (Å²) < 4.78 is 5.19. The minimum atomic E-state index is -0.0310. The monoisotopic (exact) mass is 338 g/mol. The maximum absolute atomic E-state index is 12.3. The summed E-state index contributed by atoms with van der Waals surface area (Å²) in [6.45, 7) is 6.74. The lowest BCUT2D eigenvalue weighted by atomic mass is 10.3. The fourth-order valence-corrected chi connectivity index (χ4v) is 2.91. The zero-order valence-corrected chi connectivity index (χ0v) is 14.8. The highest BCUT2D eigenvalue weighted by Crippen LogP contribution is 2.09. The van der Waals surface area contributed by atoms with Crippen LogP contribution in [0.2, 0.25) is 0 Å². The second kappa shape index (κ2) is 9.50. The van der Waals surface area contributed by atoms with E-state index >= 15 is 0 Å². The first-order chi connectivity index (χ1) is 11.3. The van der Waals surface area contributed by atoms with Crippen LogP contribution in [0.1, 0.15) is 23.9 Å². The molecule has 0 spiro atoms. The Bertz CT molecular complexity index is 496. The lowest BCUT2D eigenvalue weighted by Crippen LogP contribution is -2.53. The Morgan fingerprint density at radius 3 is 2.70 bits per heavy atom. The van der Waals surface area contributed by atoms with Crippen molar-refractivity contribution in [1.29, 1.82) is 0 Å². The number of thioether (sulfide) groups is 1. The van der Waals surface area contributed by atoms with Crippen LogP contribution in [0.15, 0.2) is 27.8 Å². The molecule has 0 atom stereocenters. The van der Waals surface area contributed by atoms with Crippen LogP contribution in [-0.4, -0.2) is 72.9 Å². The van der Waals surface area contributed by atoms with Crippen molar-refractivity contribution in [1.82, 2.24) is 15.1 Å². The van der Waals surface area contributed by atoms with Gasteiger partial charge in [0.15, 0.2) is 11.7 Å². The molecule has 0 aromatic carbocycles. The third-order valence-corrected chi connectivity index (χ3v) is 4.40. The molecule has 6 nitrogen and oxygen atoms in total. The number of nitrogens with one attached hydrogen (secondary N) is 1. The highest BCUT2D eigenvalue weighted by molar-refractivity contribution is 7.98. The van der Waals surface area contributed by atoms with Crippen molar-refractivity contribution in [2.24, 2.45) is 4.99 Å². The van der Waals surface area contributed by atoms with Crippen molar-refractivity contribution in [3.05, 3.63) is 24.2 Å². The van der Waals surface area contributed by atoms with Crippen LogP contribution in [-0.2, 0) is 0 Å². The van der Waals surface area contributed by atoms with Gasteiger partial charge in [0.1, 0.15) is 0 Å². The maximum atomic E-state index is 12.3. The first kappa shape index (κ1) is 17.7. The van der Waals surface area contributed by atoms with Gasteiger partial charge in [0, 0.05) is 39.3 Å². The third kappa shape index (κ3) is 5.20. The van der Waals surface area contributed by atoms with Crippen LogP contribution < -0.4 is 5.32 Å². The predicted molar refractivity (Wildman–Crippen MR) is 95.2 cm³/mol. The van der Waals surface area contributed by atoms with Crippen LogP contribution >= 0.6 is 11.8 Å². The van der Waals surface area contributed by atoms with E-state index in [0.717, 1.165) is 44.3 Å². The molecule has 2 heterocycles. The number of furan rings is 1. The average molecular weight is 338 g/mol. The molecule has 0 aliphatic carbocycles. The van der Waals surface area contributed by atoms with E-state index in [0.29, 0.717) is 18.8 Å². The highest BCUT2D eigenvalue weighted by Gasteiger charge is 2.24. The molecular weight excluding hydrogens is 312 g/mol. The summed E-state index contributed by atoms with van der Waals surface area (Å²) in [5, 5.41) is 3.35. The minimum Gasteiger partial charge on any atom is -0.459 e. The number of carbonyl (C=O) groups is 1. The number of nitrogens with zero attached hydrogens (tertiary/aromatic N) is 3. The van der Waals surface area contributed by atoms with Gasteiger partial charge >= 0.3 is 0 Å². The number of rotatable bonds is 6. The number of aliphatic imine (C=N–C) groups is 1. The average Bonchev–Trinajstić information content (AvgIpc) is 3.12. The third-order valence-electron chi connectivity index (χ3n) is 3.70. The molecule has 128 valence electrons. The molecule has 1 saturated heterocycles. The quantitative estimate of drug-likeness (QED) is 0.486. The standard InChI is InChI=1S/C16H26N4O2S/c1-3-17-16(18-7-5-13-23-2)20-10-8-19(9-11-20)15(21)14-6-4-12-22-14/h4,6,12H,3,5,7-11,13H2,1-2H3,(H,17,18). The number of piperazine rings is 1. The summed E-state index contributed by atoms with van der Waals surface area (Å²) >= 11 is 1.85. The van der Waals surface area contributed by atoms with Crippen LogP contribution in [0.25, 0.3) is 0 Å². The van der Waals surface area contributed by atoms with E-state index in [9.17, 15) is 4.79 Å². The Morgan fingerprint density at radius 1 is 1.35 bits per heavy atom. The van der Waals surface area contributed by atoms with Gasteiger partial charge in [0.2, 0.25) is 0 Å². The molecule has 0 bridgehead atoms. The van der Waals surface area contributed by atoms with E-state index in [1.165, 1.54) is 6.26 Å². The summed E-state index contributed by atoms with van der Waals surface area (Å²) in [4.78, 5) is 21.0. The number of guanidine groups is 1. The lowest BCUT2D eigenvalue weighted by Gasteiger charge is -2.36. The summed E-state index contributed by atoms with van der Waals surface area (Å²) in [5.74, 6) is 2.47.